The van der Waals surface area contributed by atoms with Gasteiger partial charge in [-0.25, -0.2) is 19.2 Å². The second-order valence-electron chi connectivity index (χ2n) is 10.8. The van der Waals surface area contributed by atoms with Crippen molar-refractivity contribution in [1.29, 1.82) is 0 Å². The fourth-order valence-corrected chi connectivity index (χ4v) is 5.05. The molecule has 1 heterocycles. The van der Waals surface area contributed by atoms with Gasteiger partial charge in [-0.15, -0.1) is 0 Å². The molecule has 2 aromatic carbocycles. The Hall–Kier alpha value is -4.08. The second kappa shape index (κ2) is 11.3. The molecular formula is C29H34N2O8. The molecule has 1 fully saturated rings. The molecule has 0 bridgehead atoms. The highest BCUT2D eigenvalue weighted by molar-refractivity contribution is 5.84. The summed E-state index contributed by atoms with van der Waals surface area (Å²) in [5.41, 5.74) is 3.54. The van der Waals surface area contributed by atoms with E-state index >= 15 is 0 Å². The van der Waals surface area contributed by atoms with Crippen LogP contribution in [0.15, 0.2) is 48.5 Å². The number of amides is 2. The van der Waals surface area contributed by atoms with E-state index in [1.165, 1.54) is 11.8 Å². The third-order valence-corrected chi connectivity index (χ3v) is 6.81. The van der Waals surface area contributed by atoms with Crippen LogP contribution in [0, 0.1) is 0 Å². The summed E-state index contributed by atoms with van der Waals surface area (Å²) >= 11 is 0. The van der Waals surface area contributed by atoms with Crippen molar-refractivity contribution < 1.29 is 38.5 Å². The van der Waals surface area contributed by atoms with Crippen molar-refractivity contribution in [3.63, 3.8) is 0 Å². The molecular weight excluding hydrogens is 504 g/mol. The number of hydrogen-bond acceptors (Lipinski definition) is 7. The van der Waals surface area contributed by atoms with Crippen LogP contribution in [-0.2, 0) is 23.8 Å². The lowest BCUT2D eigenvalue weighted by molar-refractivity contribution is -0.158. The minimum absolute atomic E-state index is 0.114. The number of fused-ring (bicyclic) bond motifs is 3. The maximum Gasteiger partial charge on any atom is 0.410 e. The van der Waals surface area contributed by atoms with E-state index in [1.807, 2.05) is 48.5 Å². The highest BCUT2D eigenvalue weighted by Crippen LogP contribution is 2.44. The van der Waals surface area contributed by atoms with Crippen LogP contribution >= 0.6 is 0 Å². The monoisotopic (exact) mass is 538 g/mol. The zero-order chi connectivity index (χ0) is 28.3. The molecule has 2 aliphatic rings. The van der Waals surface area contributed by atoms with E-state index in [1.54, 1.807) is 20.8 Å². The first-order valence-electron chi connectivity index (χ1n) is 13.0. The number of hydrogen-bond donors (Lipinski definition) is 2. The number of nitrogens with zero attached hydrogens (tertiary/aromatic N) is 1. The number of carboxylic acid groups (broad SMARTS) is 1. The number of alkyl carbamates (subject to hydrolysis) is 1. The first-order chi connectivity index (χ1) is 18.5. The van der Waals surface area contributed by atoms with Crippen molar-refractivity contribution in [3.8, 4) is 11.1 Å². The predicted molar refractivity (Wildman–Crippen MR) is 141 cm³/mol. The van der Waals surface area contributed by atoms with E-state index in [0.29, 0.717) is 19.4 Å². The largest absolute Gasteiger partial charge is 0.480 e. The minimum atomic E-state index is -1.53. The first kappa shape index (κ1) is 27.9. The lowest BCUT2D eigenvalue weighted by Gasteiger charge is -2.27. The van der Waals surface area contributed by atoms with Gasteiger partial charge in [0.1, 0.15) is 24.4 Å². The number of carbonyl (C=O) groups is 4. The van der Waals surface area contributed by atoms with Gasteiger partial charge in [0.25, 0.3) is 0 Å². The summed E-state index contributed by atoms with van der Waals surface area (Å²) in [6, 6.07) is 13.5. The summed E-state index contributed by atoms with van der Waals surface area (Å²) < 4.78 is 16.2. The van der Waals surface area contributed by atoms with Crippen molar-refractivity contribution in [2.24, 2.45) is 0 Å². The maximum absolute atomic E-state index is 13.1. The number of carboxylic acids is 1. The van der Waals surface area contributed by atoms with Gasteiger partial charge in [0.05, 0.1) is 0 Å². The Morgan fingerprint density at radius 1 is 1.03 bits per heavy atom. The summed E-state index contributed by atoms with van der Waals surface area (Å²) in [4.78, 5) is 51.2. The summed E-state index contributed by atoms with van der Waals surface area (Å²) in [7, 11) is 0. The van der Waals surface area contributed by atoms with E-state index in [0.717, 1.165) is 22.3 Å². The van der Waals surface area contributed by atoms with Gasteiger partial charge < -0.3 is 24.6 Å². The van der Waals surface area contributed by atoms with Crippen molar-refractivity contribution >= 4 is 24.1 Å². The van der Waals surface area contributed by atoms with Crippen LogP contribution in [0.1, 0.15) is 57.6 Å². The molecule has 208 valence electrons. The van der Waals surface area contributed by atoms with E-state index < -0.39 is 47.9 Å². The SMILES string of the molecule is C[C@@H](OC(=O)[C@@H]1CCCN1C(=O)OCC1c2ccccc2-c2ccccc21)[C@H](NC(=O)OC(C)(C)C)C(=O)O. The summed E-state index contributed by atoms with van der Waals surface area (Å²) in [5.74, 6) is -2.27. The second-order valence-corrected chi connectivity index (χ2v) is 10.8. The van der Waals surface area contributed by atoms with Gasteiger partial charge in [0, 0.05) is 12.5 Å². The van der Waals surface area contributed by atoms with Gasteiger partial charge in [-0.05, 0) is 62.8 Å². The Morgan fingerprint density at radius 2 is 1.62 bits per heavy atom. The van der Waals surface area contributed by atoms with Gasteiger partial charge >= 0.3 is 24.1 Å². The van der Waals surface area contributed by atoms with Gasteiger partial charge in [-0.2, -0.15) is 0 Å². The van der Waals surface area contributed by atoms with Crippen molar-refractivity contribution in [2.45, 2.75) is 70.2 Å². The number of aliphatic carboxylic acids is 1. The van der Waals surface area contributed by atoms with Gasteiger partial charge in [0.2, 0.25) is 0 Å². The summed E-state index contributed by atoms with van der Waals surface area (Å²) in [6.45, 7) is 6.71. The number of ether oxygens (including phenoxy) is 3. The van der Waals surface area contributed by atoms with Crippen LogP contribution in [0.4, 0.5) is 9.59 Å². The van der Waals surface area contributed by atoms with E-state index in [9.17, 15) is 24.3 Å². The molecule has 1 aliphatic heterocycles. The highest BCUT2D eigenvalue weighted by atomic mass is 16.6. The lowest BCUT2D eigenvalue weighted by atomic mass is 9.98. The number of carbonyl (C=O) groups excluding carboxylic acids is 3. The molecule has 0 spiro atoms. The van der Waals surface area contributed by atoms with Crippen molar-refractivity contribution in [1.82, 2.24) is 10.2 Å². The van der Waals surface area contributed by atoms with Crippen molar-refractivity contribution in [3.05, 3.63) is 59.7 Å². The summed E-state index contributed by atoms with van der Waals surface area (Å²) in [6.07, 6.45) is -1.87. The third kappa shape index (κ3) is 6.32. The fraction of sp³-hybridized carbons (Fsp3) is 0.448. The number of nitrogens with one attached hydrogen (secondary N) is 1. The molecule has 0 aromatic heterocycles. The molecule has 2 amide bonds. The third-order valence-electron chi connectivity index (χ3n) is 6.81. The maximum atomic E-state index is 13.1. The first-order valence-corrected chi connectivity index (χ1v) is 13.0. The lowest BCUT2D eigenvalue weighted by Crippen LogP contribution is -2.52. The highest BCUT2D eigenvalue weighted by Gasteiger charge is 2.40. The Labute approximate surface area is 227 Å². The Kier molecular flexibility index (Phi) is 8.13. The van der Waals surface area contributed by atoms with Crippen LogP contribution in [0.3, 0.4) is 0 Å². The molecule has 2 N–H and O–H groups in total. The van der Waals surface area contributed by atoms with Crippen LogP contribution < -0.4 is 5.32 Å². The zero-order valence-corrected chi connectivity index (χ0v) is 22.5. The molecule has 0 saturated carbocycles. The molecule has 2 aromatic rings. The standard InChI is InChI=1S/C29H34N2O8/c1-17(24(25(32)33)30-27(35)39-29(2,3)4)38-26(34)23-14-9-15-31(23)28(36)37-16-22-20-12-7-5-10-18(20)19-11-6-8-13-21(19)22/h5-8,10-13,17,22-24H,9,14-16H2,1-4H3,(H,30,35)(H,32,33)/t17-,23+,24+/m1/s1. The smallest absolute Gasteiger partial charge is 0.410 e. The quantitative estimate of drug-likeness (QED) is 0.394. The number of rotatable bonds is 7. The van der Waals surface area contributed by atoms with Crippen LogP contribution in [-0.4, -0.2) is 71.1 Å². The molecule has 10 heteroatoms. The summed E-state index contributed by atoms with van der Waals surface area (Å²) in [5, 5.41) is 11.8. The topological polar surface area (TPSA) is 131 Å². The average molecular weight is 539 g/mol. The molecule has 3 atom stereocenters. The Morgan fingerprint density at radius 3 is 2.18 bits per heavy atom. The van der Waals surface area contributed by atoms with Crippen molar-refractivity contribution in [2.75, 3.05) is 13.2 Å². The molecule has 0 unspecified atom stereocenters. The molecule has 39 heavy (non-hydrogen) atoms. The fourth-order valence-electron chi connectivity index (χ4n) is 5.05. The molecule has 1 saturated heterocycles. The van der Waals surface area contributed by atoms with Crippen LogP contribution in [0.25, 0.3) is 11.1 Å². The molecule has 10 nitrogen and oxygen atoms in total. The Balaban J connectivity index is 1.38. The van der Waals surface area contributed by atoms with Gasteiger partial charge in [-0.1, -0.05) is 48.5 Å². The molecule has 0 radical (unpaired) electrons. The number of likely N-dealkylation sites (tertiary alicyclic amines) is 1. The minimum Gasteiger partial charge on any atom is -0.480 e. The van der Waals surface area contributed by atoms with Crippen LogP contribution in [0.5, 0.6) is 0 Å². The molecule has 1 aliphatic carbocycles. The zero-order valence-electron chi connectivity index (χ0n) is 22.5. The number of esters is 1. The van der Waals surface area contributed by atoms with E-state index in [-0.39, 0.29) is 12.5 Å². The predicted octanol–water partition coefficient (Wildman–Crippen LogP) is 4.31. The average Bonchev–Trinajstić information content (AvgIpc) is 3.48. The Bertz CT molecular complexity index is 1210. The van der Waals surface area contributed by atoms with E-state index in [4.69, 9.17) is 14.2 Å². The normalized spacial score (nSPS) is 17.9. The van der Waals surface area contributed by atoms with Gasteiger partial charge in [0.15, 0.2) is 6.04 Å². The van der Waals surface area contributed by atoms with Gasteiger partial charge in [-0.3, -0.25) is 4.90 Å². The van der Waals surface area contributed by atoms with E-state index in [2.05, 4.69) is 5.32 Å². The number of benzene rings is 2. The van der Waals surface area contributed by atoms with Crippen LogP contribution in [0.2, 0.25) is 0 Å². The molecule has 4 rings (SSSR count).